The lowest BCUT2D eigenvalue weighted by Crippen LogP contribution is -2.37. The fraction of sp³-hybridized carbons (Fsp3) is 0.900. The van der Waals surface area contributed by atoms with Gasteiger partial charge in [0.1, 0.15) is 0 Å². The molecule has 3 N–H and O–H groups in total. The van der Waals surface area contributed by atoms with Crippen molar-refractivity contribution in [3.8, 4) is 0 Å². The van der Waals surface area contributed by atoms with Crippen molar-refractivity contribution in [1.82, 2.24) is 10.6 Å². The molecule has 4 heteroatoms. The van der Waals surface area contributed by atoms with Crippen LogP contribution >= 0.6 is 0 Å². The van der Waals surface area contributed by atoms with Crippen molar-refractivity contribution in [1.29, 1.82) is 0 Å². The second-order valence-corrected chi connectivity index (χ2v) is 4.57. The van der Waals surface area contributed by atoms with E-state index < -0.39 is 5.60 Å². The predicted molar refractivity (Wildman–Crippen MR) is 54.9 cm³/mol. The quantitative estimate of drug-likeness (QED) is 0.548. The Kier molecular flexibility index (Phi) is 3.89. The molecule has 0 aromatic heterocycles. The summed E-state index contributed by atoms with van der Waals surface area (Å²) in [6.07, 6.45) is 2.31. The van der Waals surface area contributed by atoms with E-state index in [0.29, 0.717) is 6.42 Å². The van der Waals surface area contributed by atoms with Crippen LogP contribution in [0.25, 0.3) is 0 Å². The van der Waals surface area contributed by atoms with Gasteiger partial charge in [-0.2, -0.15) is 0 Å². The molecule has 0 spiro atoms. The fourth-order valence-corrected chi connectivity index (χ4v) is 1.50. The summed E-state index contributed by atoms with van der Waals surface area (Å²) < 4.78 is 0. The van der Waals surface area contributed by atoms with Crippen LogP contribution in [0.2, 0.25) is 0 Å². The van der Waals surface area contributed by atoms with Crippen LogP contribution in [0.5, 0.6) is 0 Å². The van der Waals surface area contributed by atoms with Gasteiger partial charge in [-0.3, -0.25) is 4.79 Å². The number of carbonyl (C=O) groups is 1. The highest BCUT2D eigenvalue weighted by atomic mass is 16.3. The zero-order chi connectivity index (χ0) is 10.6. The number of aliphatic hydroxyl groups is 1. The molecule has 4 nitrogen and oxygen atoms in total. The van der Waals surface area contributed by atoms with Crippen LogP contribution in [0.15, 0.2) is 0 Å². The van der Waals surface area contributed by atoms with Gasteiger partial charge in [0, 0.05) is 19.0 Å². The molecule has 1 aliphatic heterocycles. The Labute approximate surface area is 85.1 Å². The molecule has 1 aliphatic rings. The summed E-state index contributed by atoms with van der Waals surface area (Å²) >= 11 is 0. The third kappa shape index (κ3) is 4.58. The molecule has 1 fully saturated rings. The summed E-state index contributed by atoms with van der Waals surface area (Å²) in [6, 6.07) is 0.282. The molecule has 0 aliphatic carbocycles. The monoisotopic (exact) mass is 200 g/mol. The molecule has 0 bridgehead atoms. The van der Waals surface area contributed by atoms with Gasteiger partial charge in [0.05, 0.1) is 5.60 Å². The van der Waals surface area contributed by atoms with Crippen molar-refractivity contribution in [3.05, 3.63) is 0 Å². The number of amides is 1. The molecular weight excluding hydrogens is 180 g/mol. The maximum Gasteiger partial charge on any atom is 0.220 e. The largest absolute Gasteiger partial charge is 0.390 e. The number of hydrogen-bond donors (Lipinski definition) is 3. The van der Waals surface area contributed by atoms with Crippen molar-refractivity contribution >= 4 is 5.91 Å². The van der Waals surface area contributed by atoms with E-state index in [1.165, 1.54) is 0 Å². The Balaban J connectivity index is 2.02. The first-order valence-corrected chi connectivity index (χ1v) is 5.20. The first-order chi connectivity index (χ1) is 6.47. The molecule has 1 rings (SSSR count). The van der Waals surface area contributed by atoms with Gasteiger partial charge in [0.15, 0.2) is 0 Å². The Morgan fingerprint density at radius 3 is 2.86 bits per heavy atom. The average Bonchev–Trinajstić information content (AvgIpc) is 2.44. The summed E-state index contributed by atoms with van der Waals surface area (Å²) in [5.74, 6) is 0.152. The lowest BCUT2D eigenvalue weighted by atomic mass is 10.1. The SMILES string of the molecule is CC(C)(O)CCNCC1CCC(=O)N1. The normalized spacial score (nSPS) is 22.5. The molecule has 1 heterocycles. The Bertz CT molecular complexity index is 199. The topological polar surface area (TPSA) is 61.4 Å². The van der Waals surface area contributed by atoms with Gasteiger partial charge in [-0.1, -0.05) is 0 Å². The van der Waals surface area contributed by atoms with Crippen LogP contribution in [0.1, 0.15) is 33.1 Å². The number of hydrogen-bond acceptors (Lipinski definition) is 3. The molecule has 0 radical (unpaired) electrons. The minimum atomic E-state index is -0.605. The smallest absolute Gasteiger partial charge is 0.220 e. The molecule has 1 amide bonds. The van der Waals surface area contributed by atoms with E-state index >= 15 is 0 Å². The van der Waals surface area contributed by atoms with E-state index in [2.05, 4.69) is 10.6 Å². The Hall–Kier alpha value is -0.610. The summed E-state index contributed by atoms with van der Waals surface area (Å²) in [4.78, 5) is 10.9. The molecule has 1 atom stereocenters. The molecule has 1 saturated heterocycles. The van der Waals surface area contributed by atoms with Gasteiger partial charge in [-0.15, -0.1) is 0 Å². The van der Waals surface area contributed by atoms with Crippen molar-refractivity contribution in [2.75, 3.05) is 13.1 Å². The van der Waals surface area contributed by atoms with Crippen LogP contribution in [0.4, 0.5) is 0 Å². The van der Waals surface area contributed by atoms with Gasteiger partial charge < -0.3 is 15.7 Å². The average molecular weight is 200 g/mol. The van der Waals surface area contributed by atoms with Gasteiger partial charge in [-0.05, 0) is 33.2 Å². The van der Waals surface area contributed by atoms with Crippen LogP contribution in [-0.2, 0) is 4.79 Å². The highest BCUT2D eigenvalue weighted by Gasteiger charge is 2.20. The number of nitrogens with one attached hydrogen (secondary N) is 2. The molecule has 82 valence electrons. The second kappa shape index (κ2) is 4.75. The Morgan fingerprint density at radius 1 is 1.64 bits per heavy atom. The van der Waals surface area contributed by atoms with Gasteiger partial charge in [0.25, 0.3) is 0 Å². The van der Waals surface area contributed by atoms with E-state index in [0.717, 1.165) is 25.9 Å². The van der Waals surface area contributed by atoms with Crippen LogP contribution in [0, 0.1) is 0 Å². The zero-order valence-corrected chi connectivity index (χ0v) is 8.97. The molecule has 14 heavy (non-hydrogen) atoms. The maximum absolute atomic E-state index is 10.9. The zero-order valence-electron chi connectivity index (χ0n) is 8.97. The molecule has 0 saturated carbocycles. The van der Waals surface area contributed by atoms with Gasteiger partial charge in [0.2, 0.25) is 5.91 Å². The standard InChI is InChI=1S/C10H20N2O2/c1-10(2,14)5-6-11-7-8-3-4-9(13)12-8/h8,11,14H,3-7H2,1-2H3,(H,12,13). The van der Waals surface area contributed by atoms with E-state index in [4.69, 9.17) is 0 Å². The summed E-state index contributed by atoms with van der Waals surface area (Å²) in [5, 5.41) is 15.6. The molecule has 1 unspecified atom stereocenters. The fourth-order valence-electron chi connectivity index (χ4n) is 1.50. The van der Waals surface area contributed by atoms with Crippen molar-refractivity contribution < 1.29 is 9.90 Å². The summed E-state index contributed by atoms with van der Waals surface area (Å²) in [7, 11) is 0. The lowest BCUT2D eigenvalue weighted by molar-refractivity contribution is -0.119. The summed E-state index contributed by atoms with van der Waals surface area (Å²) in [6.45, 7) is 5.19. The van der Waals surface area contributed by atoms with Crippen molar-refractivity contribution in [3.63, 3.8) is 0 Å². The minimum Gasteiger partial charge on any atom is -0.390 e. The minimum absolute atomic E-state index is 0.152. The van der Waals surface area contributed by atoms with E-state index in [-0.39, 0.29) is 11.9 Å². The van der Waals surface area contributed by atoms with Gasteiger partial charge in [-0.25, -0.2) is 0 Å². The number of carbonyl (C=O) groups excluding carboxylic acids is 1. The third-order valence-electron chi connectivity index (χ3n) is 2.39. The Morgan fingerprint density at radius 2 is 2.36 bits per heavy atom. The number of rotatable bonds is 5. The van der Waals surface area contributed by atoms with E-state index in [9.17, 15) is 9.90 Å². The van der Waals surface area contributed by atoms with E-state index in [1.54, 1.807) is 13.8 Å². The molecular formula is C10H20N2O2. The highest BCUT2D eigenvalue weighted by Crippen LogP contribution is 2.07. The second-order valence-electron chi connectivity index (χ2n) is 4.57. The molecule has 0 aromatic rings. The van der Waals surface area contributed by atoms with Crippen molar-refractivity contribution in [2.24, 2.45) is 0 Å². The van der Waals surface area contributed by atoms with Gasteiger partial charge >= 0.3 is 0 Å². The first-order valence-electron chi connectivity index (χ1n) is 5.20. The van der Waals surface area contributed by atoms with Crippen molar-refractivity contribution in [2.45, 2.75) is 44.8 Å². The first kappa shape index (κ1) is 11.5. The van der Waals surface area contributed by atoms with Crippen LogP contribution < -0.4 is 10.6 Å². The van der Waals surface area contributed by atoms with Crippen LogP contribution in [0.3, 0.4) is 0 Å². The third-order valence-corrected chi connectivity index (χ3v) is 2.39. The maximum atomic E-state index is 10.9. The predicted octanol–water partition coefficient (Wildman–Crippen LogP) is 0.0156. The van der Waals surface area contributed by atoms with E-state index in [1.807, 2.05) is 0 Å². The molecule has 0 aromatic carbocycles. The highest BCUT2D eigenvalue weighted by molar-refractivity contribution is 5.78. The summed E-state index contributed by atoms with van der Waals surface area (Å²) in [5.41, 5.74) is -0.605. The van der Waals surface area contributed by atoms with Crippen LogP contribution in [-0.4, -0.2) is 35.7 Å². The lowest BCUT2D eigenvalue weighted by Gasteiger charge is -2.18.